The van der Waals surface area contributed by atoms with Gasteiger partial charge in [0, 0.05) is 16.8 Å². The van der Waals surface area contributed by atoms with Gasteiger partial charge in [-0.05, 0) is 42.0 Å². The van der Waals surface area contributed by atoms with Crippen molar-refractivity contribution in [1.29, 1.82) is 0 Å². The summed E-state index contributed by atoms with van der Waals surface area (Å²) < 4.78 is 5.81. The van der Waals surface area contributed by atoms with Crippen molar-refractivity contribution in [2.45, 2.75) is 0 Å². The molecule has 0 bridgehead atoms. The fraction of sp³-hybridized carbons (Fsp3) is 0. The lowest BCUT2D eigenvalue weighted by atomic mass is 10.2. The zero-order valence-electron chi connectivity index (χ0n) is 12.7. The Hall–Kier alpha value is -2.91. The predicted molar refractivity (Wildman–Crippen MR) is 98.2 cm³/mol. The molecule has 0 amide bonds. The van der Waals surface area contributed by atoms with E-state index in [9.17, 15) is 0 Å². The lowest BCUT2D eigenvalue weighted by Gasteiger charge is -1.94. The third-order valence-electron chi connectivity index (χ3n) is 3.60. The molecule has 1 aromatic heterocycles. The molecule has 0 spiro atoms. The molecule has 0 aliphatic rings. The maximum atomic E-state index is 6.03. The van der Waals surface area contributed by atoms with Crippen LogP contribution in [-0.2, 0) is 0 Å². The molecular formula is C20H13ClN2O. The van der Waals surface area contributed by atoms with E-state index < -0.39 is 0 Å². The lowest BCUT2D eigenvalue weighted by molar-refractivity contribution is 0.620. The van der Waals surface area contributed by atoms with Gasteiger partial charge in [-0.1, -0.05) is 48.0 Å². The summed E-state index contributed by atoms with van der Waals surface area (Å²) in [5.41, 5.74) is 4.24. The Labute approximate surface area is 144 Å². The van der Waals surface area contributed by atoms with Crippen molar-refractivity contribution in [1.82, 2.24) is 4.98 Å². The maximum Gasteiger partial charge on any atom is 0.227 e. The zero-order valence-corrected chi connectivity index (χ0v) is 13.4. The number of fused-ring (bicyclic) bond motifs is 1. The van der Waals surface area contributed by atoms with Gasteiger partial charge in [-0.15, -0.1) is 0 Å². The molecule has 0 saturated carbocycles. The SMILES string of the molecule is Clc1cccc(-c2nc3cc(N=Cc4ccccc4)ccc3o2)c1. The van der Waals surface area contributed by atoms with Gasteiger partial charge < -0.3 is 4.42 Å². The monoisotopic (exact) mass is 332 g/mol. The summed E-state index contributed by atoms with van der Waals surface area (Å²) in [4.78, 5) is 9.04. The van der Waals surface area contributed by atoms with E-state index in [-0.39, 0.29) is 0 Å². The highest BCUT2D eigenvalue weighted by Gasteiger charge is 2.09. The molecule has 0 radical (unpaired) electrons. The Kier molecular flexibility index (Phi) is 3.85. The molecule has 3 nitrogen and oxygen atoms in total. The molecule has 0 saturated heterocycles. The molecule has 0 unspecified atom stereocenters. The van der Waals surface area contributed by atoms with E-state index in [2.05, 4.69) is 9.98 Å². The van der Waals surface area contributed by atoms with E-state index in [4.69, 9.17) is 16.0 Å². The quantitative estimate of drug-likeness (QED) is 0.438. The standard InChI is InChI=1S/C20H13ClN2O/c21-16-8-4-7-15(11-16)20-23-18-12-17(9-10-19(18)24-20)22-13-14-5-2-1-3-6-14/h1-13H. The van der Waals surface area contributed by atoms with Crippen LogP contribution in [0.3, 0.4) is 0 Å². The van der Waals surface area contributed by atoms with E-state index in [1.165, 1.54) is 0 Å². The van der Waals surface area contributed by atoms with Crippen molar-refractivity contribution >= 4 is 34.6 Å². The van der Waals surface area contributed by atoms with Crippen molar-refractivity contribution in [3.63, 3.8) is 0 Å². The van der Waals surface area contributed by atoms with Crippen LogP contribution in [0.4, 0.5) is 5.69 Å². The van der Waals surface area contributed by atoms with Crippen LogP contribution in [0.25, 0.3) is 22.6 Å². The number of aliphatic imine (C=N–C) groups is 1. The Balaban J connectivity index is 1.67. The first-order chi connectivity index (χ1) is 11.8. The van der Waals surface area contributed by atoms with Crippen molar-refractivity contribution in [3.8, 4) is 11.5 Å². The Morgan fingerprint density at radius 3 is 2.62 bits per heavy atom. The molecule has 0 aliphatic heterocycles. The summed E-state index contributed by atoms with van der Waals surface area (Å²) in [6.07, 6.45) is 1.83. The number of rotatable bonds is 3. The first-order valence-corrected chi connectivity index (χ1v) is 7.91. The van der Waals surface area contributed by atoms with Crippen LogP contribution in [0.15, 0.2) is 82.2 Å². The van der Waals surface area contributed by atoms with Crippen LogP contribution >= 0.6 is 11.6 Å². The number of hydrogen-bond donors (Lipinski definition) is 0. The van der Waals surface area contributed by atoms with Gasteiger partial charge in [0.25, 0.3) is 0 Å². The molecule has 0 atom stereocenters. The zero-order chi connectivity index (χ0) is 16.4. The van der Waals surface area contributed by atoms with E-state index in [1.807, 2.05) is 79.0 Å². The van der Waals surface area contributed by atoms with Crippen LogP contribution < -0.4 is 0 Å². The van der Waals surface area contributed by atoms with Gasteiger partial charge in [-0.3, -0.25) is 4.99 Å². The molecule has 0 aliphatic carbocycles. The van der Waals surface area contributed by atoms with E-state index in [0.717, 1.165) is 27.9 Å². The van der Waals surface area contributed by atoms with Crippen LogP contribution in [0.1, 0.15) is 5.56 Å². The van der Waals surface area contributed by atoms with Crippen LogP contribution in [0.5, 0.6) is 0 Å². The molecule has 0 N–H and O–H groups in total. The molecule has 24 heavy (non-hydrogen) atoms. The third kappa shape index (κ3) is 3.07. The minimum atomic E-state index is 0.552. The van der Waals surface area contributed by atoms with Crippen LogP contribution in [0, 0.1) is 0 Å². The molecular weight excluding hydrogens is 320 g/mol. The fourth-order valence-electron chi connectivity index (χ4n) is 2.43. The highest BCUT2D eigenvalue weighted by molar-refractivity contribution is 6.30. The van der Waals surface area contributed by atoms with E-state index in [1.54, 1.807) is 0 Å². The smallest absolute Gasteiger partial charge is 0.227 e. The van der Waals surface area contributed by atoms with E-state index >= 15 is 0 Å². The summed E-state index contributed by atoms with van der Waals surface area (Å²) >= 11 is 6.03. The Morgan fingerprint density at radius 2 is 1.79 bits per heavy atom. The molecule has 3 aromatic carbocycles. The second-order valence-corrected chi connectivity index (χ2v) is 5.79. The highest BCUT2D eigenvalue weighted by atomic mass is 35.5. The van der Waals surface area contributed by atoms with Crippen molar-refractivity contribution in [3.05, 3.63) is 83.4 Å². The summed E-state index contributed by atoms with van der Waals surface area (Å²) in [5, 5.41) is 0.655. The molecule has 4 heteroatoms. The Bertz CT molecular complexity index is 1020. The van der Waals surface area contributed by atoms with Gasteiger partial charge in [0.1, 0.15) is 5.52 Å². The number of benzene rings is 3. The third-order valence-corrected chi connectivity index (χ3v) is 3.84. The number of halogens is 1. The fourth-order valence-corrected chi connectivity index (χ4v) is 2.62. The minimum absolute atomic E-state index is 0.552. The van der Waals surface area contributed by atoms with Gasteiger partial charge in [0.05, 0.1) is 5.69 Å². The average molecular weight is 333 g/mol. The number of oxazole rings is 1. The second-order valence-electron chi connectivity index (χ2n) is 5.35. The van der Waals surface area contributed by atoms with Gasteiger partial charge in [0.15, 0.2) is 5.58 Å². The lowest BCUT2D eigenvalue weighted by Crippen LogP contribution is -1.78. The van der Waals surface area contributed by atoms with E-state index in [0.29, 0.717) is 10.9 Å². The van der Waals surface area contributed by atoms with Gasteiger partial charge in [0.2, 0.25) is 5.89 Å². The maximum absolute atomic E-state index is 6.03. The second kappa shape index (κ2) is 6.30. The van der Waals surface area contributed by atoms with Crippen molar-refractivity contribution < 1.29 is 4.42 Å². The van der Waals surface area contributed by atoms with Crippen molar-refractivity contribution in [2.24, 2.45) is 4.99 Å². The number of nitrogens with zero attached hydrogens (tertiary/aromatic N) is 2. The summed E-state index contributed by atoms with van der Waals surface area (Å²) in [7, 11) is 0. The van der Waals surface area contributed by atoms with Crippen molar-refractivity contribution in [2.75, 3.05) is 0 Å². The Morgan fingerprint density at radius 1 is 0.917 bits per heavy atom. The normalized spacial score (nSPS) is 11.4. The number of hydrogen-bond acceptors (Lipinski definition) is 3. The number of aromatic nitrogens is 1. The minimum Gasteiger partial charge on any atom is -0.436 e. The van der Waals surface area contributed by atoms with Crippen LogP contribution in [-0.4, -0.2) is 11.2 Å². The molecule has 4 rings (SSSR count). The summed E-state index contributed by atoms with van der Waals surface area (Å²) in [6, 6.07) is 23.1. The molecule has 0 fully saturated rings. The first kappa shape index (κ1) is 14.7. The summed E-state index contributed by atoms with van der Waals surface area (Å²) in [6.45, 7) is 0. The summed E-state index contributed by atoms with van der Waals surface area (Å²) in [5.74, 6) is 0.552. The largest absolute Gasteiger partial charge is 0.436 e. The van der Waals surface area contributed by atoms with Gasteiger partial charge >= 0.3 is 0 Å². The van der Waals surface area contributed by atoms with Gasteiger partial charge in [-0.25, -0.2) is 4.98 Å². The molecule has 1 heterocycles. The topological polar surface area (TPSA) is 38.4 Å². The predicted octanol–water partition coefficient (Wildman–Crippen LogP) is 5.90. The molecule has 4 aromatic rings. The van der Waals surface area contributed by atoms with Gasteiger partial charge in [-0.2, -0.15) is 0 Å². The molecule has 116 valence electrons. The first-order valence-electron chi connectivity index (χ1n) is 7.54. The van der Waals surface area contributed by atoms with Crippen LogP contribution in [0.2, 0.25) is 5.02 Å². The highest BCUT2D eigenvalue weighted by Crippen LogP contribution is 2.28. The average Bonchev–Trinajstić information content (AvgIpc) is 3.04.